The molecule has 0 spiro atoms. The van der Waals surface area contributed by atoms with Gasteiger partial charge in [-0.1, -0.05) is 29.8 Å². The predicted octanol–water partition coefficient (Wildman–Crippen LogP) is 6.98. The van der Waals surface area contributed by atoms with Crippen LogP contribution in [0.2, 0.25) is 0 Å². The summed E-state index contributed by atoms with van der Waals surface area (Å²) < 4.78 is 52.1. The van der Waals surface area contributed by atoms with Crippen LogP contribution < -0.4 is 9.62 Å². The van der Waals surface area contributed by atoms with Crippen molar-refractivity contribution in [2.24, 2.45) is 0 Å². The maximum Gasteiger partial charge on any atom is 0.255 e. The Balaban J connectivity index is 1.63. The second-order valence-corrected chi connectivity index (χ2v) is 12.1. The van der Waals surface area contributed by atoms with Crippen LogP contribution in [-0.4, -0.2) is 45.8 Å². The van der Waals surface area contributed by atoms with Gasteiger partial charge in [-0.15, -0.1) is 0 Å². The lowest BCUT2D eigenvalue weighted by atomic mass is 9.97. The molecule has 45 heavy (non-hydrogen) atoms. The van der Waals surface area contributed by atoms with Crippen LogP contribution in [0.25, 0.3) is 50.1 Å². The first kappa shape index (κ1) is 29.9. The van der Waals surface area contributed by atoms with Gasteiger partial charge in [-0.05, 0) is 55.8 Å². The molecule has 2 heterocycles. The Kier molecular flexibility index (Phi) is 7.57. The molecule has 2 aromatic heterocycles. The highest BCUT2D eigenvalue weighted by Crippen LogP contribution is 2.42. The molecule has 0 radical (unpaired) electrons. The fourth-order valence-electron chi connectivity index (χ4n) is 5.39. The zero-order valence-corrected chi connectivity index (χ0v) is 25.9. The number of aromatic nitrogens is 2. The predicted molar refractivity (Wildman–Crippen MR) is 172 cm³/mol. The first-order valence-electron chi connectivity index (χ1n) is 13.9. The smallest absolute Gasteiger partial charge is 0.255 e. The van der Waals surface area contributed by atoms with Crippen molar-refractivity contribution >= 4 is 50.4 Å². The molecule has 6 rings (SSSR count). The number of fused-ring (bicyclic) bond motifs is 2. The molecule has 0 aliphatic carbocycles. The van der Waals surface area contributed by atoms with Gasteiger partial charge < -0.3 is 9.73 Å². The standard InChI is InChI=1S/C34H28F2N4O4S/c1-18-6-8-20(9-7-18)33-31(34(42)37-3)25-15-24(28(16-30(25)44-33)39(4)45(5)43)21-12-27(36)32-29(13-21)40(17-38-32)22-10-11-26(35)23(14-22)19(2)41/h6-17H,1-5H3,(H,37,42). The minimum absolute atomic E-state index is 0.0681. The van der Waals surface area contributed by atoms with Gasteiger partial charge in [0.25, 0.3) is 5.91 Å². The molecular weight excluding hydrogens is 598 g/mol. The van der Waals surface area contributed by atoms with Gasteiger partial charge in [0.2, 0.25) is 0 Å². The van der Waals surface area contributed by atoms with Gasteiger partial charge in [0, 0.05) is 48.6 Å². The van der Waals surface area contributed by atoms with Gasteiger partial charge in [0.05, 0.1) is 22.3 Å². The summed E-state index contributed by atoms with van der Waals surface area (Å²) in [4.78, 5) is 29.5. The number of aryl methyl sites for hydroxylation is 1. The second-order valence-electron chi connectivity index (χ2n) is 10.7. The van der Waals surface area contributed by atoms with Crippen molar-refractivity contribution in [2.75, 3.05) is 24.7 Å². The largest absolute Gasteiger partial charge is 0.455 e. The first-order chi connectivity index (χ1) is 21.5. The molecule has 4 aromatic carbocycles. The number of anilines is 1. The van der Waals surface area contributed by atoms with Crippen LogP contribution in [-0.2, 0) is 11.0 Å². The van der Waals surface area contributed by atoms with Gasteiger partial charge in [0.1, 0.15) is 40.0 Å². The lowest BCUT2D eigenvalue weighted by molar-refractivity contribution is 0.0963. The normalized spacial score (nSPS) is 12.1. The molecule has 1 unspecified atom stereocenters. The topological polar surface area (TPSA) is 97.4 Å². The van der Waals surface area contributed by atoms with E-state index < -0.39 is 28.4 Å². The maximum atomic E-state index is 15.7. The number of rotatable bonds is 7. The highest BCUT2D eigenvalue weighted by Gasteiger charge is 2.25. The molecule has 0 fully saturated rings. The highest BCUT2D eigenvalue weighted by molar-refractivity contribution is 7.85. The van der Waals surface area contributed by atoms with E-state index in [1.54, 1.807) is 29.8 Å². The number of furan rings is 1. The quantitative estimate of drug-likeness (QED) is 0.193. The zero-order valence-electron chi connectivity index (χ0n) is 25.1. The summed E-state index contributed by atoms with van der Waals surface area (Å²) in [6, 6.07) is 18.1. The number of ketones is 1. The van der Waals surface area contributed by atoms with E-state index in [2.05, 4.69) is 10.3 Å². The summed E-state index contributed by atoms with van der Waals surface area (Å²) in [5.74, 6) is -1.73. The molecule has 8 nitrogen and oxygen atoms in total. The summed E-state index contributed by atoms with van der Waals surface area (Å²) in [5, 5.41) is 3.17. The Morgan fingerprint density at radius 2 is 1.71 bits per heavy atom. The van der Waals surface area contributed by atoms with Crippen molar-refractivity contribution in [1.82, 2.24) is 14.9 Å². The number of nitrogens with zero attached hydrogens (tertiary/aromatic N) is 3. The molecule has 11 heteroatoms. The number of hydrogen-bond acceptors (Lipinski definition) is 5. The van der Waals surface area contributed by atoms with Crippen LogP contribution in [0.15, 0.2) is 77.5 Å². The molecular formula is C34H28F2N4O4S. The third-order valence-corrected chi connectivity index (χ3v) is 8.79. The molecule has 0 saturated carbocycles. The fourth-order valence-corrected chi connectivity index (χ4v) is 5.82. The average Bonchev–Trinajstić information content (AvgIpc) is 3.62. The maximum absolute atomic E-state index is 15.7. The van der Waals surface area contributed by atoms with Crippen molar-refractivity contribution < 1.29 is 27.0 Å². The van der Waals surface area contributed by atoms with E-state index in [-0.39, 0.29) is 17.0 Å². The highest BCUT2D eigenvalue weighted by atomic mass is 32.2. The first-order valence-corrected chi connectivity index (χ1v) is 15.4. The Bertz CT molecular complexity index is 2190. The summed E-state index contributed by atoms with van der Waals surface area (Å²) in [7, 11) is 1.70. The summed E-state index contributed by atoms with van der Waals surface area (Å²) in [5.41, 5.74) is 4.55. The third-order valence-electron chi connectivity index (χ3n) is 7.82. The van der Waals surface area contributed by atoms with Crippen LogP contribution in [0.5, 0.6) is 0 Å². The van der Waals surface area contributed by atoms with Crippen LogP contribution in [0, 0.1) is 18.6 Å². The van der Waals surface area contributed by atoms with Crippen molar-refractivity contribution in [3.8, 4) is 28.1 Å². The summed E-state index contributed by atoms with van der Waals surface area (Å²) in [6.07, 6.45) is 2.92. The van der Waals surface area contributed by atoms with E-state index in [1.807, 2.05) is 31.2 Å². The zero-order chi connectivity index (χ0) is 32.2. The van der Waals surface area contributed by atoms with Crippen LogP contribution in [0.3, 0.4) is 0 Å². The summed E-state index contributed by atoms with van der Waals surface area (Å²) >= 11 is 0. The molecule has 1 atom stereocenters. The van der Waals surface area contributed by atoms with E-state index in [9.17, 15) is 18.2 Å². The van der Waals surface area contributed by atoms with Crippen molar-refractivity contribution in [3.05, 3.63) is 101 Å². The molecule has 228 valence electrons. The number of nitrogens with one attached hydrogen (secondary N) is 1. The molecule has 0 bridgehead atoms. The lowest BCUT2D eigenvalue weighted by Crippen LogP contribution is -2.20. The minimum atomic E-state index is -1.47. The van der Waals surface area contributed by atoms with E-state index >= 15 is 4.39 Å². The van der Waals surface area contributed by atoms with E-state index in [1.165, 1.54) is 55.1 Å². The van der Waals surface area contributed by atoms with E-state index in [4.69, 9.17) is 4.42 Å². The lowest BCUT2D eigenvalue weighted by Gasteiger charge is -2.20. The Morgan fingerprint density at radius 3 is 2.38 bits per heavy atom. The number of halogens is 2. The van der Waals surface area contributed by atoms with Crippen molar-refractivity contribution in [1.29, 1.82) is 0 Å². The van der Waals surface area contributed by atoms with Gasteiger partial charge in [-0.25, -0.2) is 18.0 Å². The number of Topliss-reactive ketones (excluding diaryl/α,β-unsaturated/α-hetero) is 1. The Labute approximate surface area is 259 Å². The number of amides is 1. The number of carbonyl (C=O) groups is 2. The van der Waals surface area contributed by atoms with Gasteiger partial charge in [-0.2, -0.15) is 0 Å². The number of imidazole rings is 1. The summed E-state index contributed by atoms with van der Waals surface area (Å²) in [6.45, 7) is 3.23. The van der Waals surface area contributed by atoms with Crippen LogP contribution >= 0.6 is 0 Å². The average molecular weight is 627 g/mol. The van der Waals surface area contributed by atoms with Crippen molar-refractivity contribution in [3.63, 3.8) is 0 Å². The van der Waals surface area contributed by atoms with Crippen molar-refractivity contribution in [2.45, 2.75) is 13.8 Å². The number of benzene rings is 4. The number of carbonyl (C=O) groups excluding carboxylic acids is 2. The van der Waals surface area contributed by atoms with E-state index in [0.29, 0.717) is 55.9 Å². The molecule has 0 saturated heterocycles. The fraction of sp³-hybridized carbons (Fsp3) is 0.147. The van der Waals surface area contributed by atoms with Gasteiger partial charge in [-0.3, -0.25) is 18.5 Å². The second kappa shape index (κ2) is 11.4. The van der Waals surface area contributed by atoms with Crippen LogP contribution in [0.4, 0.5) is 14.5 Å². The van der Waals surface area contributed by atoms with Gasteiger partial charge in [0.15, 0.2) is 11.6 Å². The molecule has 0 aliphatic heterocycles. The van der Waals surface area contributed by atoms with Crippen LogP contribution in [0.1, 0.15) is 33.2 Å². The third kappa shape index (κ3) is 5.18. The number of hydrogen-bond donors (Lipinski definition) is 1. The monoisotopic (exact) mass is 626 g/mol. The molecule has 0 aliphatic rings. The SMILES string of the molecule is CNC(=O)c1c(-c2ccc(C)cc2)oc2cc(N(C)S(C)=O)c(-c3cc(F)c4ncn(-c5ccc(F)c(C(C)=O)c5)c4c3)cc12. The van der Waals surface area contributed by atoms with E-state index in [0.717, 1.165) is 5.56 Å². The van der Waals surface area contributed by atoms with Gasteiger partial charge >= 0.3 is 0 Å². The minimum Gasteiger partial charge on any atom is -0.455 e. The Morgan fingerprint density at radius 1 is 0.978 bits per heavy atom. The Hall–Kier alpha value is -5.16. The molecule has 1 N–H and O–H groups in total. The molecule has 1 amide bonds. The molecule has 6 aromatic rings.